The number of methoxy groups -OCH3 is 5. The zero-order valence-corrected chi connectivity index (χ0v) is 19.5. The lowest BCUT2D eigenvalue weighted by atomic mass is 10.1. The molecule has 0 bridgehead atoms. The summed E-state index contributed by atoms with van der Waals surface area (Å²) in [6.45, 7) is 0.415. The summed E-state index contributed by atoms with van der Waals surface area (Å²) in [6, 6.07) is 12.6. The molecule has 1 N–H and O–H groups in total. The average molecular weight is 456 g/mol. The first kappa shape index (κ1) is 23.8. The predicted molar refractivity (Wildman–Crippen MR) is 123 cm³/mol. The number of benzene rings is 2. The quantitative estimate of drug-likeness (QED) is 0.469. The van der Waals surface area contributed by atoms with E-state index in [-0.39, 0.29) is 11.7 Å². The van der Waals surface area contributed by atoms with E-state index in [1.165, 1.54) is 0 Å². The van der Waals surface area contributed by atoms with Gasteiger partial charge in [-0.3, -0.25) is 4.79 Å². The van der Waals surface area contributed by atoms with E-state index in [4.69, 9.17) is 28.1 Å². The van der Waals surface area contributed by atoms with Gasteiger partial charge in [0.25, 0.3) is 5.91 Å². The number of rotatable bonds is 11. The Morgan fingerprint density at radius 2 is 1.55 bits per heavy atom. The molecule has 3 rings (SSSR count). The third kappa shape index (κ3) is 5.52. The smallest absolute Gasteiger partial charge is 0.287 e. The number of para-hydroxylation sites is 1. The van der Waals surface area contributed by atoms with E-state index in [0.29, 0.717) is 53.9 Å². The van der Waals surface area contributed by atoms with E-state index in [1.54, 1.807) is 59.8 Å². The summed E-state index contributed by atoms with van der Waals surface area (Å²) in [7, 11) is 7.92. The number of carbonyl (C=O) groups is 1. The summed E-state index contributed by atoms with van der Waals surface area (Å²) in [5.74, 6) is 3.71. The van der Waals surface area contributed by atoms with Crippen LogP contribution in [0.1, 0.15) is 27.4 Å². The summed E-state index contributed by atoms with van der Waals surface area (Å²) in [5, 5.41) is 2.88. The second kappa shape index (κ2) is 11.2. The van der Waals surface area contributed by atoms with Crippen molar-refractivity contribution in [2.45, 2.75) is 12.8 Å². The van der Waals surface area contributed by atoms with E-state index >= 15 is 0 Å². The summed E-state index contributed by atoms with van der Waals surface area (Å²) in [4.78, 5) is 12.6. The Morgan fingerprint density at radius 1 is 0.848 bits per heavy atom. The van der Waals surface area contributed by atoms with Crippen LogP contribution in [0.2, 0.25) is 0 Å². The standard InChI is InChI=1S/C25H29NO7/c1-28-18-14-22(30-3)19(23(15-18)31-4)13-17-9-10-21(33-17)25(27)26-12-11-16-7-6-8-20(29-2)24(16)32-5/h6-10,14-15H,11-13H2,1-5H3,(H,26,27). The Labute approximate surface area is 193 Å². The van der Waals surface area contributed by atoms with Crippen molar-refractivity contribution in [1.82, 2.24) is 5.32 Å². The van der Waals surface area contributed by atoms with Crippen LogP contribution in [0.15, 0.2) is 46.9 Å². The molecule has 0 saturated heterocycles. The van der Waals surface area contributed by atoms with Crippen molar-refractivity contribution in [3.63, 3.8) is 0 Å². The fourth-order valence-corrected chi connectivity index (χ4v) is 3.57. The average Bonchev–Trinajstić information content (AvgIpc) is 3.32. The zero-order valence-electron chi connectivity index (χ0n) is 19.5. The van der Waals surface area contributed by atoms with Gasteiger partial charge in [-0.05, 0) is 30.2 Å². The molecule has 0 aliphatic rings. The topological polar surface area (TPSA) is 88.4 Å². The molecule has 0 aliphatic carbocycles. The van der Waals surface area contributed by atoms with Gasteiger partial charge in [-0.1, -0.05) is 12.1 Å². The van der Waals surface area contributed by atoms with E-state index < -0.39 is 0 Å². The van der Waals surface area contributed by atoms with Gasteiger partial charge in [0.05, 0.1) is 35.5 Å². The molecule has 0 atom stereocenters. The van der Waals surface area contributed by atoms with Crippen LogP contribution in [-0.2, 0) is 12.8 Å². The molecule has 8 heteroatoms. The fourth-order valence-electron chi connectivity index (χ4n) is 3.57. The van der Waals surface area contributed by atoms with Crippen molar-refractivity contribution in [2.75, 3.05) is 42.1 Å². The van der Waals surface area contributed by atoms with Crippen molar-refractivity contribution in [1.29, 1.82) is 0 Å². The van der Waals surface area contributed by atoms with Crippen LogP contribution < -0.4 is 29.0 Å². The highest BCUT2D eigenvalue weighted by molar-refractivity contribution is 5.91. The number of amides is 1. The van der Waals surface area contributed by atoms with Crippen molar-refractivity contribution in [2.24, 2.45) is 0 Å². The summed E-state index contributed by atoms with van der Waals surface area (Å²) in [6.07, 6.45) is 0.977. The van der Waals surface area contributed by atoms with E-state index in [2.05, 4.69) is 5.32 Å². The molecule has 0 radical (unpaired) electrons. The minimum atomic E-state index is -0.295. The third-order valence-electron chi connectivity index (χ3n) is 5.22. The van der Waals surface area contributed by atoms with Crippen molar-refractivity contribution in [3.8, 4) is 28.7 Å². The molecule has 1 aromatic heterocycles. The molecule has 0 spiro atoms. The monoisotopic (exact) mass is 455 g/mol. The second-order valence-corrected chi connectivity index (χ2v) is 7.11. The number of ether oxygens (including phenoxy) is 5. The van der Waals surface area contributed by atoms with Gasteiger partial charge in [-0.2, -0.15) is 0 Å². The maximum atomic E-state index is 12.6. The van der Waals surface area contributed by atoms with Gasteiger partial charge in [0, 0.05) is 30.7 Å². The molecule has 0 saturated carbocycles. The molecule has 2 aromatic carbocycles. The van der Waals surface area contributed by atoms with Gasteiger partial charge in [0.15, 0.2) is 17.3 Å². The first-order chi connectivity index (χ1) is 16.0. The van der Waals surface area contributed by atoms with Crippen LogP contribution in [0.3, 0.4) is 0 Å². The summed E-state index contributed by atoms with van der Waals surface area (Å²) < 4.78 is 32.8. The van der Waals surface area contributed by atoms with E-state index in [0.717, 1.165) is 11.1 Å². The molecule has 0 unspecified atom stereocenters. The summed E-state index contributed by atoms with van der Waals surface area (Å²) in [5.41, 5.74) is 1.74. The first-order valence-corrected chi connectivity index (χ1v) is 10.4. The Morgan fingerprint density at radius 3 is 2.15 bits per heavy atom. The first-order valence-electron chi connectivity index (χ1n) is 10.4. The number of hydrogen-bond donors (Lipinski definition) is 1. The van der Waals surface area contributed by atoms with Gasteiger partial charge in [-0.15, -0.1) is 0 Å². The molecule has 176 valence electrons. The number of furan rings is 1. The molecular weight excluding hydrogens is 426 g/mol. The largest absolute Gasteiger partial charge is 0.496 e. The highest BCUT2D eigenvalue weighted by Crippen LogP contribution is 2.36. The maximum Gasteiger partial charge on any atom is 0.287 e. The lowest BCUT2D eigenvalue weighted by Crippen LogP contribution is -2.25. The summed E-state index contributed by atoms with van der Waals surface area (Å²) >= 11 is 0. The van der Waals surface area contributed by atoms with Crippen LogP contribution >= 0.6 is 0 Å². The molecule has 1 heterocycles. The Balaban J connectivity index is 1.66. The van der Waals surface area contributed by atoms with Gasteiger partial charge in [0.1, 0.15) is 23.0 Å². The van der Waals surface area contributed by atoms with Crippen molar-refractivity contribution in [3.05, 3.63) is 65.1 Å². The molecular formula is C25H29NO7. The van der Waals surface area contributed by atoms with Gasteiger partial charge in [-0.25, -0.2) is 0 Å². The van der Waals surface area contributed by atoms with Crippen LogP contribution in [0.5, 0.6) is 28.7 Å². The zero-order chi connectivity index (χ0) is 23.8. The maximum absolute atomic E-state index is 12.6. The van der Waals surface area contributed by atoms with Crippen LogP contribution in [0.4, 0.5) is 0 Å². The van der Waals surface area contributed by atoms with Crippen molar-refractivity contribution < 1.29 is 32.9 Å². The number of nitrogens with one attached hydrogen (secondary N) is 1. The van der Waals surface area contributed by atoms with E-state index in [9.17, 15) is 4.79 Å². The van der Waals surface area contributed by atoms with Crippen molar-refractivity contribution >= 4 is 5.91 Å². The minimum Gasteiger partial charge on any atom is -0.496 e. The number of hydrogen-bond acceptors (Lipinski definition) is 7. The molecule has 8 nitrogen and oxygen atoms in total. The minimum absolute atomic E-state index is 0.231. The Kier molecular flexibility index (Phi) is 8.07. The van der Waals surface area contributed by atoms with Gasteiger partial charge < -0.3 is 33.4 Å². The molecule has 1 amide bonds. The highest BCUT2D eigenvalue weighted by Gasteiger charge is 2.18. The molecule has 0 aliphatic heterocycles. The fraction of sp³-hybridized carbons (Fsp3) is 0.320. The second-order valence-electron chi connectivity index (χ2n) is 7.11. The lowest BCUT2D eigenvalue weighted by Gasteiger charge is -2.14. The van der Waals surface area contributed by atoms with Crippen LogP contribution in [0.25, 0.3) is 0 Å². The highest BCUT2D eigenvalue weighted by atomic mass is 16.5. The molecule has 0 fully saturated rings. The van der Waals surface area contributed by atoms with E-state index in [1.807, 2.05) is 18.2 Å². The Hall–Kier alpha value is -3.81. The SMILES string of the molecule is COc1cc(OC)c(Cc2ccc(C(=O)NCCc3cccc(OC)c3OC)o2)c(OC)c1. The molecule has 33 heavy (non-hydrogen) atoms. The number of carbonyl (C=O) groups excluding carboxylic acids is 1. The normalized spacial score (nSPS) is 10.5. The van der Waals surface area contributed by atoms with Gasteiger partial charge >= 0.3 is 0 Å². The van der Waals surface area contributed by atoms with Crippen LogP contribution in [-0.4, -0.2) is 48.0 Å². The third-order valence-corrected chi connectivity index (χ3v) is 5.22. The molecule has 3 aromatic rings. The predicted octanol–water partition coefficient (Wildman–Crippen LogP) is 3.89. The lowest BCUT2D eigenvalue weighted by molar-refractivity contribution is 0.0924. The Bertz CT molecular complexity index is 1070. The van der Waals surface area contributed by atoms with Crippen LogP contribution in [0, 0.1) is 0 Å². The van der Waals surface area contributed by atoms with Gasteiger partial charge in [0.2, 0.25) is 0 Å².